The summed E-state index contributed by atoms with van der Waals surface area (Å²) >= 11 is 1.73. The van der Waals surface area contributed by atoms with E-state index in [0.29, 0.717) is 0 Å². The van der Waals surface area contributed by atoms with Crippen LogP contribution in [-0.4, -0.2) is 25.6 Å². The average Bonchev–Trinajstić information content (AvgIpc) is 2.35. The van der Waals surface area contributed by atoms with Crippen LogP contribution < -0.4 is 15.8 Å². The number of carbonyl (C=O) groups excluding carboxylic acids is 1. The first-order valence-electron chi connectivity index (χ1n) is 5.46. The zero-order chi connectivity index (χ0) is 14.8. The number of carbonyl (C=O) groups is 1. The van der Waals surface area contributed by atoms with Crippen LogP contribution >= 0.6 is 22.6 Å². The number of halogens is 3. The summed E-state index contributed by atoms with van der Waals surface area (Å²) in [6.07, 6.45) is -0.0643. The predicted molar refractivity (Wildman–Crippen MR) is 76.0 cm³/mol. The number of nitrogens with two attached hydrogens (primary N) is 1. The second-order valence-corrected chi connectivity index (χ2v) is 5.51. The van der Waals surface area contributed by atoms with Gasteiger partial charge in [0.1, 0.15) is 0 Å². The zero-order valence-electron chi connectivity index (χ0n) is 10.8. The maximum atomic E-state index is 14.1. The molecule has 0 aliphatic rings. The maximum Gasteiger partial charge on any atom is 0.239 e. The molecule has 3 N–H and O–H groups in total. The molecule has 0 bridgehead atoms. The van der Waals surface area contributed by atoms with Crippen molar-refractivity contribution in [2.24, 2.45) is 5.73 Å². The Morgan fingerprint density at radius 1 is 1.53 bits per heavy atom. The van der Waals surface area contributed by atoms with Gasteiger partial charge in [0, 0.05) is 13.5 Å². The molecule has 0 saturated heterocycles. The summed E-state index contributed by atoms with van der Waals surface area (Å²) in [5.41, 5.74) is 4.68. The smallest absolute Gasteiger partial charge is 0.239 e. The fourth-order valence-electron chi connectivity index (χ4n) is 1.70. The van der Waals surface area contributed by atoms with Gasteiger partial charge in [-0.05, 0) is 41.1 Å². The SMILES string of the molecule is CNC(=O)C(C)(N)Cc1cc(I)c(F)c(OC)c1F. The van der Waals surface area contributed by atoms with Crippen molar-refractivity contribution < 1.29 is 18.3 Å². The largest absolute Gasteiger partial charge is 0.491 e. The van der Waals surface area contributed by atoms with Crippen LogP contribution in [0.1, 0.15) is 12.5 Å². The first kappa shape index (κ1) is 16.1. The van der Waals surface area contributed by atoms with Crippen LogP contribution in [-0.2, 0) is 11.2 Å². The molecule has 7 heteroatoms. The third kappa shape index (κ3) is 3.33. The van der Waals surface area contributed by atoms with Gasteiger partial charge in [-0.2, -0.15) is 0 Å². The number of hydrogen-bond acceptors (Lipinski definition) is 3. The monoisotopic (exact) mass is 384 g/mol. The third-order valence-corrected chi connectivity index (χ3v) is 3.48. The summed E-state index contributed by atoms with van der Waals surface area (Å²) in [6, 6.07) is 1.32. The molecule has 1 aromatic rings. The van der Waals surface area contributed by atoms with Gasteiger partial charge in [0.25, 0.3) is 0 Å². The lowest BCUT2D eigenvalue weighted by Gasteiger charge is -2.23. The van der Waals surface area contributed by atoms with Crippen molar-refractivity contribution in [1.82, 2.24) is 5.32 Å². The lowest BCUT2D eigenvalue weighted by molar-refractivity contribution is -0.125. The first-order valence-corrected chi connectivity index (χ1v) is 6.54. The lowest BCUT2D eigenvalue weighted by atomic mass is 9.92. The fourth-order valence-corrected chi connectivity index (χ4v) is 2.32. The van der Waals surface area contributed by atoms with Crippen LogP contribution in [0.15, 0.2) is 6.07 Å². The van der Waals surface area contributed by atoms with E-state index in [1.54, 1.807) is 22.6 Å². The van der Waals surface area contributed by atoms with Crippen LogP contribution in [0.3, 0.4) is 0 Å². The van der Waals surface area contributed by atoms with Crippen molar-refractivity contribution in [3.8, 4) is 5.75 Å². The van der Waals surface area contributed by atoms with Gasteiger partial charge in [0.05, 0.1) is 16.2 Å². The molecule has 1 unspecified atom stereocenters. The normalized spacial score (nSPS) is 13.8. The van der Waals surface area contributed by atoms with Crippen LogP contribution in [0.2, 0.25) is 0 Å². The first-order chi connectivity index (χ1) is 8.74. The van der Waals surface area contributed by atoms with E-state index in [9.17, 15) is 13.6 Å². The molecule has 19 heavy (non-hydrogen) atoms. The molecule has 0 saturated carbocycles. The summed E-state index contributed by atoms with van der Waals surface area (Å²) in [5, 5.41) is 2.41. The molecule has 0 aliphatic carbocycles. The highest BCUT2D eigenvalue weighted by Gasteiger charge is 2.30. The van der Waals surface area contributed by atoms with Crippen LogP contribution in [0.4, 0.5) is 8.78 Å². The lowest BCUT2D eigenvalue weighted by Crippen LogP contribution is -2.52. The molecule has 1 rings (SSSR count). The van der Waals surface area contributed by atoms with Gasteiger partial charge in [-0.15, -0.1) is 0 Å². The van der Waals surface area contributed by atoms with E-state index in [-0.39, 0.29) is 15.6 Å². The second-order valence-electron chi connectivity index (χ2n) is 4.35. The summed E-state index contributed by atoms with van der Waals surface area (Å²) in [5.74, 6) is -2.48. The van der Waals surface area contributed by atoms with E-state index >= 15 is 0 Å². The fraction of sp³-hybridized carbons (Fsp3) is 0.417. The standard InChI is InChI=1S/C12H15F2IN2O2/c1-12(16,11(18)17-2)5-6-4-7(15)9(14)10(19-3)8(6)13/h4H,5,16H2,1-3H3,(H,17,18). The molecule has 0 radical (unpaired) electrons. The number of ether oxygens (including phenoxy) is 1. The molecule has 0 fully saturated rings. The van der Waals surface area contributed by atoms with E-state index < -0.39 is 28.8 Å². The Morgan fingerprint density at radius 3 is 2.58 bits per heavy atom. The molecule has 1 aromatic carbocycles. The van der Waals surface area contributed by atoms with Crippen molar-refractivity contribution in [1.29, 1.82) is 0 Å². The summed E-state index contributed by atoms with van der Waals surface area (Å²) < 4.78 is 32.6. The van der Waals surface area contributed by atoms with E-state index in [1.165, 1.54) is 27.1 Å². The van der Waals surface area contributed by atoms with Gasteiger partial charge >= 0.3 is 0 Å². The van der Waals surface area contributed by atoms with E-state index in [0.717, 1.165) is 0 Å². The predicted octanol–water partition coefficient (Wildman–Crippen LogP) is 1.58. The minimum absolute atomic E-state index is 0.0643. The Labute approximate surface area is 123 Å². The van der Waals surface area contributed by atoms with Crippen molar-refractivity contribution in [3.63, 3.8) is 0 Å². The van der Waals surface area contributed by atoms with Crippen molar-refractivity contribution >= 4 is 28.5 Å². The van der Waals surface area contributed by atoms with Crippen LogP contribution in [0.25, 0.3) is 0 Å². The number of likely N-dealkylation sites (N-methyl/N-ethyl adjacent to an activating group) is 1. The Bertz CT molecular complexity index is 507. The average molecular weight is 384 g/mol. The molecule has 0 heterocycles. The van der Waals surface area contributed by atoms with Crippen LogP contribution in [0.5, 0.6) is 5.75 Å². The minimum atomic E-state index is -1.29. The molecule has 1 atom stereocenters. The van der Waals surface area contributed by atoms with E-state index in [4.69, 9.17) is 10.5 Å². The molecule has 106 valence electrons. The number of nitrogens with one attached hydrogen (secondary N) is 1. The zero-order valence-corrected chi connectivity index (χ0v) is 13.0. The molecule has 0 spiro atoms. The maximum absolute atomic E-state index is 14.1. The van der Waals surface area contributed by atoms with Crippen LogP contribution in [0, 0.1) is 15.2 Å². The Balaban J connectivity index is 3.23. The van der Waals surface area contributed by atoms with Crippen molar-refractivity contribution in [3.05, 3.63) is 26.8 Å². The van der Waals surface area contributed by atoms with E-state index in [2.05, 4.69) is 5.32 Å². The number of amides is 1. The molecular formula is C12H15F2IN2O2. The second kappa shape index (κ2) is 6.00. The molecule has 4 nitrogen and oxygen atoms in total. The number of methoxy groups -OCH3 is 1. The van der Waals surface area contributed by atoms with Gasteiger partial charge < -0.3 is 15.8 Å². The summed E-state index contributed by atoms with van der Waals surface area (Å²) in [6.45, 7) is 1.48. The van der Waals surface area contributed by atoms with Gasteiger partial charge in [-0.25, -0.2) is 8.78 Å². The van der Waals surface area contributed by atoms with Gasteiger partial charge in [0.2, 0.25) is 5.91 Å². The summed E-state index contributed by atoms with van der Waals surface area (Å²) in [7, 11) is 2.63. The number of rotatable bonds is 4. The highest BCUT2D eigenvalue weighted by molar-refractivity contribution is 14.1. The Morgan fingerprint density at radius 2 is 2.11 bits per heavy atom. The molecular weight excluding hydrogens is 369 g/mol. The highest BCUT2D eigenvalue weighted by Crippen LogP contribution is 2.30. The topological polar surface area (TPSA) is 64.4 Å². The van der Waals surface area contributed by atoms with Crippen molar-refractivity contribution in [2.75, 3.05) is 14.2 Å². The van der Waals surface area contributed by atoms with Gasteiger partial charge in [-0.3, -0.25) is 4.79 Å². The molecule has 0 aliphatic heterocycles. The van der Waals surface area contributed by atoms with Gasteiger partial charge in [0.15, 0.2) is 17.4 Å². The third-order valence-electron chi connectivity index (χ3n) is 2.70. The number of hydrogen-bond donors (Lipinski definition) is 2. The quantitative estimate of drug-likeness (QED) is 0.612. The summed E-state index contributed by atoms with van der Waals surface area (Å²) in [4.78, 5) is 11.6. The van der Waals surface area contributed by atoms with Gasteiger partial charge in [-0.1, -0.05) is 0 Å². The Kier molecular flexibility index (Phi) is 5.08. The van der Waals surface area contributed by atoms with Crippen molar-refractivity contribution in [2.45, 2.75) is 18.9 Å². The Hall–Kier alpha value is -0.960. The number of benzene rings is 1. The molecule has 1 amide bonds. The minimum Gasteiger partial charge on any atom is -0.491 e. The van der Waals surface area contributed by atoms with E-state index in [1.807, 2.05) is 0 Å². The molecule has 0 aromatic heterocycles. The highest BCUT2D eigenvalue weighted by atomic mass is 127.